The number of rotatable bonds is 10. The van der Waals surface area contributed by atoms with Gasteiger partial charge in [-0.25, -0.2) is 0 Å². The Morgan fingerprint density at radius 2 is 1.61 bits per heavy atom. The predicted molar refractivity (Wildman–Crippen MR) is 162 cm³/mol. The lowest BCUT2D eigenvalue weighted by molar-refractivity contribution is -0.00476. The first-order valence-electron chi connectivity index (χ1n) is 15.7. The van der Waals surface area contributed by atoms with Crippen molar-refractivity contribution in [1.82, 2.24) is 0 Å². The molecule has 5 atom stereocenters. The normalized spacial score (nSPS) is 26.5. The van der Waals surface area contributed by atoms with Crippen LogP contribution in [0.15, 0.2) is 42.5 Å². The molecule has 3 aliphatic rings. The Labute approximate surface area is 233 Å². The maximum atomic E-state index is 5.90. The van der Waals surface area contributed by atoms with Crippen LogP contribution in [-0.2, 0) is 4.74 Å². The first-order valence-corrected chi connectivity index (χ1v) is 15.7. The maximum Gasteiger partial charge on any atom is 0.0620 e. The molecule has 1 aliphatic heterocycles. The van der Waals surface area contributed by atoms with Crippen LogP contribution >= 0.6 is 0 Å². The SMILES string of the molecule is CCN1c2ccc(C)cc2C2C1c1ccccc1C2C(C)(C)C1CCC(CCCCCCOC(C)(C)C)C1. The van der Waals surface area contributed by atoms with Crippen LogP contribution in [0.3, 0.4) is 0 Å². The summed E-state index contributed by atoms with van der Waals surface area (Å²) in [7, 11) is 0. The van der Waals surface area contributed by atoms with Gasteiger partial charge in [0.05, 0.1) is 11.6 Å². The number of ether oxygens (including phenoxy) is 1. The molecule has 0 N–H and O–H groups in total. The van der Waals surface area contributed by atoms with E-state index < -0.39 is 0 Å². The first-order chi connectivity index (χ1) is 18.1. The smallest absolute Gasteiger partial charge is 0.0620 e. The molecule has 0 spiro atoms. The zero-order valence-corrected chi connectivity index (χ0v) is 25.4. The van der Waals surface area contributed by atoms with Crippen LogP contribution in [0.25, 0.3) is 0 Å². The van der Waals surface area contributed by atoms with Crippen LogP contribution < -0.4 is 4.90 Å². The van der Waals surface area contributed by atoms with Gasteiger partial charge < -0.3 is 9.64 Å². The van der Waals surface area contributed by atoms with E-state index in [0.717, 1.165) is 25.0 Å². The molecule has 2 aliphatic carbocycles. The van der Waals surface area contributed by atoms with Crippen molar-refractivity contribution in [3.63, 3.8) is 0 Å². The number of nitrogens with zero attached hydrogens (tertiary/aromatic N) is 1. The Morgan fingerprint density at radius 3 is 2.34 bits per heavy atom. The molecule has 5 unspecified atom stereocenters. The highest BCUT2D eigenvalue weighted by atomic mass is 16.5. The van der Waals surface area contributed by atoms with Gasteiger partial charge >= 0.3 is 0 Å². The molecule has 5 rings (SSSR count). The molecular weight excluding hydrogens is 462 g/mol. The molecular formula is C36H53NO. The third kappa shape index (κ3) is 5.32. The van der Waals surface area contributed by atoms with Crippen molar-refractivity contribution in [3.05, 3.63) is 64.7 Å². The molecule has 2 heteroatoms. The summed E-state index contributed by atoms with van der Waals surface area (Å²) in [6, 6.07) is 17.2. The van der Waals surface area contributed by atoms with Gasteiger partial charge in [0.1, 0.15) is 0 Å². The van der Waals surface area contributed by atoms with Crippen molar-refractivity contribution >= 4 is 5.69 Å². The minimum Gasteiger partial charge on any atom is -0.376 e. The lowest BCUT2D eigenvalue weighted by Gasteiger charge is -2.41. The van der Waals surface area contributed by atoms with Crippen LogP contribution in [0.4, 0.5) is 5.69 Å². The van der Waals surface area contributed by atoms with E-state index in [9.17, 15) is 0 Å². The van der Waals surface area contributed by atoms with Crippen molar-refractivity contribution < 1.29 is 4.74 Å². The average Bonchev–Trinajstić information content (AvgIpc) is 3.55. The predicted octanol–water partition coefficient (Wildman–Crippen LogP) is 9.97. The van der Waals surface area contributed by atoms with Gasteiger partial charge in [-0.1, -0.05) is 87.9 Å². The van der Waals surface area contributed by atoms with Crippen molar-refractivity contribution in [2.45, 2.75) is 123 Å². The molecule has 2 aromatic rings. The second-order valence-electron chi connectivity index (χ2n) is 14.3. The summed E-state index contributed by atoms with van der Waals surface area (Å²) in [5.41, 5.74) is 8.02. The van der Waals surface area contributed by atoms with Crippen LogP contribution in [-0.4, -0.2) is 18.8 Å². The molecule has 0 radical (unpaired) electrons. The lowest BCUT2D eigenvalue weighted by atomic mass is 9.62. The Morgan fingerprint density at radius 1 is 0.868 bits per heavy atom. The fourth-order valence-corrected chi connectivity index (χ4v) is 8.46. The van der Waals surface area contributed by atoms with Gasteiger partial charge in [-0.3, -0.25) is 0 Å². The highest BCUT2D eigenvalue weighted by molar-refractivity contribution is 5.68. The molecule has 0 amide bonds. The quantitative estimate of drug-likeness (QED) is 0.292. The topological polar surface area (TPSA) is 12.5 Å². The third-order valence-corrected chi connectivity index (χ3v) is 10.3. The molecule has 0 saturated heterocycles. The average molecular weight is 516 g/mol. The monoisotopic (exact) mass is 515 g/mol. The van der Waals surface area contributed by atoms with Gasteiger partial charge in [0.25, 0.3) is 0 Å². The fourth-order valence-electron chi connectivity index (χ4n) is 8.46. The molecule has 2 aromatic carbocycles. The minimum absolute atomic E-state index is 0.000254. The van der Waals surface area contributed by atoms with Crippen LogP contribution in [0.2, 0.25) is 0 Å². The molecule has 1 fully saturated rings. The summed E-state index contributed by atoms with van der Waals surface area (Å²) in [4.78, 5) is 2.71. The second-order valence-corrected chi connectivity index (χ2v) is 14.3. The first kappa shape index (κ1) is 27.8. The maximum absolute atomic E-state index is 5.90. The van der Waals surface area contributed by atoms with Crippen molar-refractivity contribution in [1.29, 1.82) is 0 Å². The van der Waals surface area contributed by atoms with E-state index >= 15 is 0 Å². The lowest BCUT2D eigenvalue weighted by Crippen LogP contribution is -2.33. The number of anilines is 1. The zero-order chi connectivity index (χ0) is 27.1. The standard InChI is InChI=1S/C36H53NO/c1-8-37-31-21-18-25(2)23-30(31)32-33(28-16-12-13-17-29(28)34(32)37)36(6,7)27-20-19-26(24-27)15-11-9-10-14-22-38-35(3,4)5/h12-13,16-18,21,23,26-27,32-34H,8-11,14-15,19-20,22,24H2,1-7H3. The minimum atomic E-state index is -0.000254. The Kier molecular flexibility index (Phi) is 8.03. The fraction of sp³-hybridized carbons (Fsp3) is 0.667. The van der Waals surface area contributed by atoms with E-state index in [0.29, 0.717) is 23.3 Å². The zero-order valence-electron chi connectivity index (χ0n) is 25.4. The third-order valence-electron chi connectivity index (χ3n) is 10.3. The Balaban J connectivity index is 1.27. The summed E-state index contributed by atoms with van der Waals surface area (Å²) in [5.74, 6) is 2.90. The summed E-state index contributed by atoms with van der Waals surface area (Å²) < 4.78 is 5.90. The van der Waals surface area contributed by atoms with Gasteiger partial charge in [0.2, 0.25) is 0 Å². The molecule has 0 bridgehead atoms. The largest absolute Gasteiger partial charge is 0.376 e. The molecule has 38 heavy (non-hydrogen) atoms. The number of hydrogen-bond donors (Lipinski definition) is 0. The van der Waals surface area contributed by atoms with Crippen LogP contribution in [0, 0.1) is 24.2 Å². The van der Waals surface area contributed by atoms with Crippen molar-refractivity contribution in [2.75, 3.05) is 18.1 Å². The molecule has 208 valence electrons. The van der Waals surface area contributed by atoms with Gasteiger partial charge in [-0.05, 0) is 99.8 Å². The molecule has 0 aromatic heterocycles. The number of fused-ring (bicyclic) bond motifs is 5. The summed E-state index contributed by atoms with van der Waals surface area (Å²) in [6.45, 7) is 18.3. The van der Waals surface area contributed by atoms with Crippen molar-refractivity contribution in [2.24, 2.45) is 17.3 Å². The molecule has 1 saturated carbocycles. The van der Waals surface area contributed by atoms with E-state index in [1.165, 1.54) is 62.6 Å². The van der Waals surface area contributed by atoms with Crippen LogP contribution in [0.1, 0.15) is 133 Å². The van der Waals surface area contributed by atoms with E-state index in [1.54, 1.807) is 16.7 Å². The molecule has 1 heterocycles. The number of aryl methyl sites for hydroxylation is 1. The number of likely N-dealkylation sites (N-methyl/N-ethyl adjacent to an activating group) is 1. The summed E-state index contributed by atoms with van der Waals surface area (Å²) >= 11 is 0. The van der Waals surface area contributed by atoms with Crippen molar-refractivity contribution in [3.8, 4) is 0 Å². The van der Waals surface area contributed by atoms with Gasteiger partial charge in [0.15, 0.2) is 0 Å². The van der Waals surface area contributed by atoms with Gasteiger partial charge in [-0.15, -0.1) is 0 Å². The summed E-state index contributed by atoms with van der Waals surface area (Å²) in [5, 5.41) is 0. The Bertz CT molecular complexity index is 1090. The van der Waals surface area contributed by atoms with Crippen LogP contribution in [0.5, 0.6) is 0 Å². The molecule has 2 nitrogen and oxygen atoms in total. The highest BCUT2D eigenvalue weighted by Crippen LogP contribution is 2.67. The number of hydrogen-bond acceptors (Lipinski definition) is 2. The van der Waals surface area contributed by atoms with E-state index in [4.69, 9.17) is 4.74 Å². The number of benzene rings is 2. The van der Waals surface area contributed by atoms with E-state index in [2.05, 4.69) is 95.8 Å². The van der Waals surface area contributed by atoms with Gasteiger partial charge in [0, 0.05) is 24.8 Å². The van der Waals surface area contributed by atoms with E-state index in [-0.39, 0.29) is 5.60 Å². The summed E-state index contributed by atoms with van der Waals surface area (Å²) in [6.07, 6.45) is 11.0. The Hall–Kier alpha value is -1.80. The second kappa shape index (κ2) is 11.0. The van der Waals surface area contributed by atoms with Gasteiger partial charge in [-0.2, -0.15) is 0 Å². The highest BCUT2D eigenvalue weighted by Gasteiger charge is 2.56. The van der Waals surface area contributed by atoms with E-state index in [1.807, 2.05) is 0 Å². The number of unbranched alkanes of at least 4 members (excludes halogenated alkanes) is 3.